The second-order valence-electron chi connectivity index (χ2n) is 4.16. The van der Waals surface area contributed by atoms with Crippen molar-refractivity contribution in [2.24, 2.45) is 0 Å². The Morgan fingerprint density at radius 2 is 2.26 bits per heavy atom. The van der Waals surface area contributed by atoms with Gasteiger partial charge in [0.1, 0.15) is 0 Å². The van der Waals surface area contributed by atoms with E-state index in [2.05, 4.69) is 10.3 Å². The summed E-state index contributed by atoms with van der Waals surface area (Å²) >= 11 is 7.46. The molecule has 6 heteroatoms. The van der Waals surface area contributed by atoms with Crippen LogP contribution in [0.15, 0.2) is 23.6 Å². The molecule has 2 rings (SSSR count). The Labute approximate surface area is 120 Å². The number of nitrogens with two attached hydrogens (primary N) is 1. The quantitative estimate of drug-likeness (QED) is 0.852. The van der Waals surface area contributed by atoms with E-state index in [0.717, 1.165) is 17.1 Å². The summed E-state index contributed by atoms with van der Waals surface area (Å²) in [5.41, 5.74) is 7.61. The SMILES string of the molecule is Cc1csc(CCNC(=O)c2cc(N)cc(Cl)c2)n1. The van der Waals surface area contributed by atoms with Gasteiger partial charge in [-0.05, 0) is 25.1 Å². The predicted molar refractivity (Wildman–Crippen MR) is 78.8 cm³/mol. The molecule has 0 bridgehead atoms. The molecule has 0 unspecified atom stereocenters. The average Bonchev–Trinajstić information content (AvgIpc) is 2.73. The molecule has 0 spiro atoms. The maximum atomic E-state index is 11.9. The number of amides is 1. The lowest BCUT2D eigenvalue weighted by Gasteiger charge is -2.05. The number of anilines is 1. The molecule has 4 nitrogen and oxygen atoms in total. The summed E-state index contributed by atoms with van der Waals surface area (Å²) in [5.74, 6) is -0.178. The largest absolute Gasteiger partial charge is 0.399 e. The summed E-state index contributed by atoms with van der Waals surface area (Å²) < 4.78 is 0. The number of nitrogen functional groups attached to an aromatic ring is 1. The molecule has 0 radical (unpaired) electrons. The minimum absolute atomic E-state index is 0.178. The average molecular weight is 296 g/mol. The number of thiazole rings is 1. The van der Waals surface area contributed by atoms with Gasteiger partial charge in [-0.15, -0.1) is 11.3 Å². The van der Waals surface area contributed by atoms with E-state index in [-0.39, 0.29) is 5.91 Å². The van der Waals surface area contributed by atoms with Crippen LogP contribution in [0.1, 0.15) is 21.1 Å². The van der Waals surface area contributed by atoms with E-state index in [1.54, 1.807) is 29.5 Å². The second kappa shape index (κ2) is 6.04. The number of benzene rings is 1. The number of hydrogen-bond acceptors (Lipinski definition) is 4. The molecule has 2 aromatic rings. The van der Waals surface area contributed by atoms with E-state index in [4.69, 9.17) is 17.3 Å². The summed E-state index contributed by atoms with van der Waals surface area (Å²) in [5, 5.41) is 6.30. The number of nitrogens with zero attached hydrogens (tertiary/aromatic N) is 1. The molecule has 19 heavy (non-hydrogen) atoms. The molecule has 1 amide bonds. The summed E-state index contributed by atoms with van der Waals surface area (Å²) in [6, 6.07) is 4.81. The van der Waals surface area contributed by atoms with E-state index in [1.807, 2.05) is 12.3 Å². The van der Waals surface area contributed by atoms with Crippen molar-refractivity contribution in [3.63, 3.8) is 0 Å². The molecule has 1 aromatic carbocycles. The van der Waals surface area contributed by atoms with Gasteiger partial charge < -0.3 is 11.1 Å². The van der Waals surface area contributed by atoms with E-state index in [1.165, 1.54) is 0 Å². The highest BCUT2D eigenvalue weighted by Crippen LogP contribution is 2.16. The van der Waals surface area contributed by atoms with Gasteiger partial charge in [-0.2, -0.15) is 0 Å². The zero-order valence-electron chi connectivity index (χ0n) is 10.4. The Morgan fingerprint density at radius 1 is 1.47 bits per heavy atom. The number of halogens is 1. The zero-order chi connectivity index (χ0) is 13.8. The molecule has 0 aliphatic rings. The van der Waals surface area contributed by atoms with E-state index >= 15 is 0 Å². The van der Waals surface area contributed by atoms with Gasteiger partial charge in [0.05, 0.1) is 5.01 Å². The highest BCUT2D eigenvalue weighted by atomic mass is 35.5. The molecule has 0 saturated heterocycles. The number of carbonyl (C=O) groups excluding carboxylic acids is 1. The molecule has 0 fully saturated rings. The van der Waals surface area contributed by atoms with Crippen LogP contribution in [-0.2, 0) is 6.42 Å². The lowest BCUT2D eigenvalue weighted by Crippen LogP contribution is -2.25. The van der Waals surface area contributed by atoms with Crippen LogP contribution >= 0.6 is 22.9 Å². The van der Waals surface area contributed by atoms with E-state index in [9.17, 15) is 4.79 Å². The number of carbonyl (C=O) groups is 1. The van der Waals surface area contributed by atoms with Crippen LogP contribution in [0.4, 0.5) is 5.69 Å². The maximum Gasteiger partial charge on any atom is 0.251 e. The van der Waals surface area contributed by atoms with Crippen molar-refractivity contribution in [3.05, 3.63) is 44.9 Å². The van der Waals surface area contributed by atoms with Crippen molar-refractivity contribution in [3.8, 4) is 0 Å². The number of rotatable bonds is 4. The number of nitrogens with one attached hydrogen (secondary N) is 1. The van der Waals surface area contributed by atoms with Crippen LogP contribution in [0.5, 0.6) is 0 Å². The first-order valence-electron chi connectivity index (χ1n) is 5.80. The van der Waals surface area contributed by atoms with Crippen LogP contribution in [0, 0.1) is 6.92 Å². The van der Waals surface area contributed by atoms with Crippen LogP contribution in [0.25, 0.3) is 0 Å². The third kappa shape index (κ3) is 3.94. The first kappa shape index (κ1) is 13.8. The third-order valence-electron chi connectivity index (χ3n) is 2.47. The number of hydrogen-bond donors (Lipinski definition) is 2. The molecular weight excluding hydrogens is 282 g/mol. The number of aromatic nitrogens is 1. The minimum atomic E-state index is -0.178. The van der Waals surface area contributed by atoms with E-state index < -0.39 is 0 Å². The first-order chi connectivity index (χ1) is 9.04. The molecule has 1 heterocycles. The topological polar surface area (TPSA) is 68.0 Å². The van der Waals surface area contributed by atoms with Crippen molar-refractivity contribution in [2.75, 3.05) is 12.3 Å². The van der Waals surface area contributed by atoms with Crippen LogP contribution < -0.4 is 11.1 Å². The van der Waals surface area contributed by atoms with Crippen LogP contribution in [0.3, 0.4) is 0 Å². The van der Waals surface area contributed by atoms with Crippen LogP contribution in [0.2, 0.25) is 5.02 Å². The number of aryl methyl sites for hydroxylation is 1. The van der Waals surface area contributed by atoms with Gasteiger partial charge in [0.2, 0.25) is 0 Å². The van der Waals surface area contributed by atoms with Crippen molar-refractivity contribution >= 4 is 34.5 Å². The summed E-state index contributed by atoms with van der Waals surface area (Å²) in [7, 11) is 0. The fourth-order valence-electron chi connectivity index (χ4n) is 1.65. The first-order valence-corrected chi connectivity index (χ1v) is 7.05. The second-order valence-corrected chi connectivity index (χ2v) is 5.54. The van der Waals surface area contributed by atoms with Crippen molar-refractivity contribution in [2.45, 2.75) is 13.3 Å². The van der Waals surface area contributed by atoms with Gasteiger partial charge in [-0.25, -0.2) is 4.98 Å². The fourth-order valence-corrected chi connectivity index (χ4v) is 2.67. The van der Waals surface area contributed by atoms with Gasteiger partial charge in [-0.1, -0.05) is 11.6 Å². The van der Waals surface area contributed by atoms with E-state index in [0.29, 0.717) is 22.8 Å². The molecule has 0 aliphatic carbocycles. The molecular formula is C13H14ClN3OS. The molecule has 0 atom stereocenters. The molecule has 100 valence electrons. The summed E-state index contributed by atoms with van der Waals surface area (Å²) in [6.45, 7) is 2.49. The van der Waals surface area contributed by atoms with Gasteiger partial charge in [0, 0.05) is 40.3 Å². The highest BCUT2D eigenvalue weighted by Gasteiger charge is 2.07. The summed E-state index contributed by atoms with van der Waals surface area (Å²) in [4.78, 5) is 16.2. The molecule has 1 aromatic heterocycles. The third-order valence-corrected chi connectivity index (χ3v) is 3.72. The van der Waals surface area contributed by atoms with Gasteiger partial charge in [-0.3, -0.25) is 4.79 Å². The van der Waals surface area contributed by atoms with Crippen molar-refractivity contribution in [1.29, 1.82) is 0 Å². The van der Waals surface area contributed by atoms with Crippen molar-refractivity contribution < 1.29 is 4.79 Å². The van der Waals surface area contributed by atoms with Gasteiger partial charge in [0.25, 0.3) is 5.91 Å². The smallest absolute Gasteiger partial charge is 0.251 e. The fraction of sp³-hybridized carbons (Fsp3) is 0.231. The Balaban J connectivity index is 1.90. The predicted octanol–water partition coefficient (Wildman–Crippen LogP) is 2.66. The molecule has 3 N–H and O–H groups in total. The molecule has 0 saturated carbocycles. The van der Waals surface area contributed by atoms with Crippen molar-refractivity contribution in [1.82, 2.24) is 10.3 Å². The monoisotopic (exact) mass is 295 g/mol. The Bertz CT molecular complexity index is 577. The maximum absolute atomic E-state index is 11.9. The Morgan fingerprint density at radius 3 is 2.89 bits per heavy atom. The van der Waals surface area contributed by atoms with Gasteiger partial charge in [0.15, 0.2) is 0 Å². The lowest BCUT2D eigenvalue weighted by molar-refractivity contribution is 0.0954. The van der Waals surface area contributed by atoms with Crippen LogP contribution in [-0.4, -0.2) is 17.4 Å². The lowest BCUT2D eigenvalue weighted by atomic mass is 10.2. The molecule has 0 aliphatic heterocycles. The Kier molecular flexibility index (Phi) is 4.39. The normalized spacial score (nSPS) is 10.4. The zero-order valence-corrected chi connectivity index (χ0v) is 12.0. The van der Waals surface area contributed by atoms with Gasteiger partial charge >= 0.3 is 0 Å². The minimum Gasteiger partial charge on any atom is -0.399 e. The standard InChI is InChI=1S/C13H14ClN3OS/c1-8-7-19-12(17-8)2-3-16-13(18)9-4-10(14)6-11(15)5-9/h4-7H,2-3,15H2,1H3,(H,16,18). The summed E-state index contributed by atoms with van der Waals surface area (Å²) in [6.07, 6.45) is 0.723. The highest BCUT2D eigenvalue weighted by molar-refractivity contribution is 7.09. The Hall–Kier alpha value is -1.59.